The van der Waals surface area contributed by atoms with Crippen LogP contribution >= 0.6 is 0 Å². The van der Waals surface area contributed by atoms with E-state index in [1.165, 1.54) is 6.08 Å². The summed E-state index contributed by atoms with van der Waals surface area (Å²) in [7, 11) is 0. The third-order valence-electron chi connectivity index (χ3n) is 1.73. The Morgan fingerprint density at radius 2 is 2.54 bits per heavy atom. The zero-order valence-corrected chi connectivity index (χ0v) is 7.58. The number of hydrogen-bond acceptors (Lipinski definition) is 2. The largest absolute Gasteiger partial charge is 0.347 e. The smallest absolute Gasteiger partial charge is 0.243 e. The molecular formula is C10H12N2O. The Morgan fingerprint density at radius 1 is 1.77 bits per heavy atom. The van der Waals surface area contributed by atoms with Crippen molar-refractivity contribution >= 4 is 5.91 Å². The first-order chi connectivity index (χ1) is 6.24. The Labute approximate surface area is 77.5 Å². The highest BCUT2D eigenvalue weighted by Crippen LogP contribution is 2.01. The molecule has 1 aromatic heterocycles. The zero-order valence-electron chi connectivity index (χ0n) is 7.58. The SMILES string of the molecule is C=CC(=O)NCc1ncccc1C. The van der Waals surface area contributed by atoms with Crippen LogP contribution in [0.2, 0.25) is 0 Å². The van der Waals surface area contributed by atoms with E-state index in [1.807, 2.05) is 19.1 Å². The minimum atomic E-state index is -0.176. The fraction of sp³-hybridized carbons (Fsp3) is 0.200. The van der Waals surface area contributed by atoms with E-state index in [9.17, 15) is 4.79 Å². The molecule has 0 aromatic carbocycles. The van der Waals surface area contributed by atoms with Gasteiger partial charge in [0, 0.05) is 6.20 Å². The molecule has 1 heterocycles. The highest BCUT2D eigenvalue weighted by Gasteiger charge is 1.99. The maximum Gasteiger partial charge on any atom is 0.243 e. The third-order valence-corrected chi connectivity index (χ3v) is 1.73. The number of aromatic nitrogens is 1. The second-order valence-electron chi connectivity index (χ2n) is 2.69. The molecule has 0 radical (unpaired) electrons. The first-order valence-electron chi connectivity index (χ1n) is 4.05. The number of aryl methyl sites for hydroxylation is 1. The summed E-state index contributed by atoms with van der Waals surface area (Å²) in [4.78, 5) is 15.0. The summed E-state index contributed by atoms with van der Waals surface area (Å²) in [5.41, 5.74) is 1.96. The van der Waals surface area contributed by atoms with Crippen LogP contribution in [0.1, 0.15) is 11.3 Å². The molecule has 0 atom stereocenters. The van der Waals surface area contributed by atoms with Crippen molar-refractivity contribution in [3.63, 3.8) is 0 Å². The van der Waals surface area contributed by atoms with Gasteiger partial charge in [0.25, 0.3) is 0 Å². The molecule has 3 nitrogen and oxygen atoms in total. The van der Waals surface area contributed by atoms with Crippen LogP contribution in [0.5, 0.6) is 0 Å². The van der Waals surface area contributed by atoms with Gasteiger partial charge in [-0.3, -0.25) is 9.78 Å². The van der Waals surface area contributed by atoms with Crippen molar-refractivity contribution < 1.29 is 4.79 Å². The molecule has 1 aromatic rings. The summed E-state index contributed by atoms with van der Waals surface area (Å²) in [5, 5.41) is 2.67. The van der Waals surface area contributed by atoms with Gasteiger partial charge in [-0.1, -0.05) is 12.6 Å². The van der Waals surface area contributed by atoms with Crippen LogP contribution in [0, 0.1) is 6.92 Å². The number of carbonyl (C=O) groups is 1. The van der Waals surface area contributed by atoms with E-state index in [-0.39, 0.29) is 5.91 Å². The van der Waals surface area contributed by atoms with E-state index in [0.29, 0.717) is 6.54 Å². The normalized spacial score (nSPS) is 9.31. The fourth-order valence-electron chi connectivity index (χ4n) is 0.946. The molecule has 0 bridgehead atoms. The Morgan fingerprint density at radius 3 is 3.15 bits per heavy atom. The standard InChI is InChI=1S/C10H12N2O/c1-3-10(13)12-7-9-8(2)5-4-6-11-9/h3-6H,1,7H2,2H3,(H,12,13). The van der Waals surface area contributed by atoms with E-state index < -0.39 is 0 Å². The molecule has 0 spiro atoms. The lowest BCUT2D eigenvalue weighted by Crippen LogP contribution is -2.21. The van der Waals surface area contributed by atoms with Crippen molar-refractivity contribution in [3.8, 4) is 0 Å². The van der Waals surface area contributed by atoms with Gasteiger partial charge in [0.2, 0.25) is 5.91 Å². The van der Waals surface area contributed by atoms with Gasteiger partial charge in [-0.25, -0.2) is 0 Å². The van der Waals surface area contributed by atoms with Gasteiger partial charge >= 0.3 is 0 Å². The molecule has 1 amide bonds. The Hall–Kier alpha value is -1.64. The predicted octanol–water partition coefficient (Wildman–Crippen LogP) is 1.19. The molecule has 68 valence electrons. The maximum atomic E-state index is 10.8. The topological polar surface area (TPSA) is 42.0 Å². The molecule has 0 aliphatic rings. The number of nitrogens with zero attached hydrogens (tertiary/aromatic N) is 1. The van der Waals surface area contributed by atoms with Crippen LogP contribution in [0.3, 0.4) is 0 Å². The molecule has 3 heteroatoms. The van der Waals surface area contributed by atoms with E-state index in [2.05, 4.69) is 16.9 Å². The predicted molar refractivity (Wildman–Crippen MR) is 51.0 cm³/mol. The van der Waals surface area contributed by atoms with Crippen molar-refractivity contribution in [2.75, 3.05) is 0 Å². The first-order valence-corrected chi connectivity index (χ1v) is 4.05. The monoisotopic (exact) mass is 176 g/mol. The molecule has 0 saturated heterocycles. The van der Waals surface area contributed by atoms with Gasteiger partial charge in [0.05, 0.1) is 12.2 Å². The molecule has 1 N–H and O–H groups in total. The van der Waals surface area contributed by atoms with Gasteiger partial charge in [-0.05, 0) is 24.6 Å². The fourth-order valence-corrected chi connectivity index (χ4v) is 0.946. The number of hydrogen-bond donors (Lipinski definition) is 1. The van der Waals surface area contributed by atoms with Crippen molar-refractivity contribution in [2.45, 2.75) is 13.5 Å². The maximum absolute atomic E-state index is 10.8. The Bertz CT molecular complexity index is 320. The minimum absolute atomic E-state index is 0.176. The van der Waals surface area contributed by atoms with Crippen LogP contribution < -0.4 is 5.32 Å². The molecular weight excluding hydrogens is 164 g/mol. The van der Waals surface area contributed by atoms with Crippen molar-refractivity contribution in [1.82, 2.24) is 10.3 Å². The van der Waals surface area contributed by atoms with Gasteiger partial charge in [0.15, 0.2) is 0 Å². The molecule has 0 aliphatic heterocycles. The number of carbonyl (C=O) groups excluding carboxylic acids is 1. The van der Waals surface area contributed by atoms with Gasteiger partial charge in [-0.2, -0.15) is 0 Å². The van der Waals surface area contributed by atoms with E-state index >= 15 is 0 Å². The van der Waals surface area contributed by atoms with Crippen LogP contribution in [-0.2, 0) is 11.3 Å². The number of rotatable bonds is 3. The summed E-state index contributed by atoms with van der Waals surface area (Å²) >= 11 is 0. The third kappa shape index (κ3) is 2.71. The van der Waals surface area contributed by atoms with Crippen LogP contribution in [0.4, 0.5) is 0 Å². The molecule has 0 unspecified atom stereocenters. The summed E-state index contributed by atoms with van der Waals surface area (Å²) in [6.07, 6.45) is 2.96. The highest BCUT2D eigenvalue weighted by atomic mass is 16.1. The van der Waals surface area contributed by atoms with Gasteiger partial charge in [0.1, 0.15) is 0 Å². The Kier molecular flexibility index (Phi) is 3.20. The number of amides is 1. The molecule has 13 heavy (non-hydrogen) atoms. The quantitative estimate of drug-likeness (QED) is 0.703. The second-order valence-corrected chi connectivity index (χ2v) is 2.69. The highest BCUT2D eigenvalue weighted by molar-refractivity contribution is 5.86. The average Bonchev–Trinajstić information content (AvgIpc) is 2.16. The van der Waals surface area contributed by atoms with Crippen LogP contribution in [0.25, 0.3) is 0 Å². The number of nitrogens with one attached hydrogen (secondary N) is 1. The summed E-state index contributed by atoms with van der Waals surface area (Å²) in [6.45, 7) is 5.78. The van der Waals surface area contributed by atoms with Gasteiger partial charge in [-0.15, -0.1) is 0 Å². The first kappa shape index (κ1) is 9.45. The van der Waals surface area contributed by atoms with Crippen molar-refractivity contribution in [1.29, 1.82) is 0 Å². The lowest BCUT2D eigenvalue weighted by molar-refractivity contribution is -0.116. The summed E-state index contributed by atoms with van der Waals surface area (Å²) < 4.78 is 0. The summed E-state index contributed by atoms with van der Waals surface area (Å²) in [6, 6.07) is 3.83. The lowest BCUT2D eigenvalue weighted by Gasteiger charge is -2.03. The second kappa shape index (κ2) is 4.40. The van der Waals surface area contributed by atoms with Crippen LogP contribution in [-0.4, -0.2) is 10.9 Å². The van der Waals surface area contributed by atoms with Crippen LogP contribution in [0.15, 0.2) is 31.0 Å². The average molecular weight is 176 g/mol. The minimum Gasteiger partial charge on any atom is -0.347 e. The lowest BCUT2D eigenvalue weighted by atomic mass is 10.2. The Balaban J connectivity index is 2.59. The van der Waals surface area contributed by atoms with E-state index in [4.69, 9.17) is 0 Å². The van der Waals surface area contributed by atoms with E-state index in [0.717, 1.165) is 11.3 Å². The molecule has 0 fully saturated rings. The van der Waals surface area contributed by atoms with Crippen molar-refractivity contribution in [3.05, 3.63) is 42.2 Å². The van der Waals surface area contributed by atoms with E-state index in [1.54, 1.807) is 6.20 Å². The molecule has 1 rings (SSSR count). The summed E-state index contributed by atoms with van der Waals surface area (Å²) in [5.74, 6) is -0.176. The zero-order chi connectivity index (χ0) is 9.68. The number of pyridine rings is 1. The molecule has 0 saturated carbocycles. The van der Waals surface area contributed by atoms with Gasteiger partial charge < -0.3 is 5.32 Å². The molecule has 0 aliphatic carbocycles. The van der Waals surface area contributed by atoms with Crippen molar-refractivity contribution in [2.24, 2.45) is 0 Å².